The molecule has 0 bridgehead atoms. The summed E-state index contributed by atoms with van der Waals surface area (Å²) in [6, 6.07) is 17.3. The molecule has 2 aliphatic heterocycles. The monoisotopic (exact) mass is 694 g/mol. The van der Waals surface area contributed by atoms with Gasteiger partial charge in [0.15, 0.2) is 11.5 Å². The second-order valence-corrected chi connectivity index (χ2v) is 9.91. The van der Waals surface area contributed by atoms with Gasteiger partial charge in [0.05, 0.1) is 12.8 Å². The standard InChI is InChI=1S/C25H16I2N2O6/c26-18-9-15(10-19(27)22(18)33-12-14-4-2-1-3-5-14)8-17-23(30)28-25(32)29(24(17)31)16-6-7-20-21(11-16)35-13-34-20/h1-11H,12-13H2,(H,28,30,32)/b17-8+. The normalized spacial score (nSPS) is 16.0. The third-order valence-electron chi connectivity index (χ3n) is 5.27. The molecule has 0 unspecified atom stereocenters. The summed E-state index contributed by atoms with van der Waals surface area (Å²) in [6.07, 6.45) is 1.47. The first kappa shape index (κ1) is 23.6. The molecule has 2 heterocycles. The zero-order chi connectivity index (χ0) is 24.5. The van der Waals surface area contributed by atoms with Crippen molar-refractivity contribution >= 4 is 74.8 Å². The number of ether oxygens (including phenoxy) is 3. The molecule has 35 heavy (non-hydrogen) atoms. The maximum Gasteiger partial charge on any atom is 0.335 e. The molecule has 1 fully saturated rings. The van der Waals surface area contributed by atoms with Crippen LogP contribution >= 0.6 is 45.2 Å². The second-order valence-electron chi connectivity index (χ2n) is 7.58. The molecule has 0 saturated carbocycles. The van der Waals surface area contributed by atoms with Gasteiger partial charge in [0.2, 0.25) is 6.79 Å². The highest BCUT2D eigenvalue weighted by molar-refractivity contribution is 14.1. The number of carbonyl (C=O) groups is 3. The Labute approximate surface area is 227 Å². The molecule has 8 nitrogen and oxygen atoms in total. The first-order valence-electron chi connectivity index (χ1n) is 10.4. The van der Waals surface area contributed by atoms with Crippen LogP contribution < -0.4 is 24.4 Å². The van der Waals surface area contributed by atoms with Gasteiger partial charge in [-0.15, -0.1) is 0 Å². The largest absolute Gasteiger partial charge is 0.487 e. The van der Waals surface area contributed by atoms with Crippen LogP contribution in [0, 0.1) is 7.14 Å². The first-order chi connectivity index (χ1) is 16.9. The van der Waals surface area contributed by atoms with Gasteiger partial charge in [-0.05, 0) is 86.7 Å². The van der Waals surface area contributed by atoms with E-state index in [1.54, 1.807) is 12.1 Å². The number of nitrogens with zero attached hydrogens (tertiary/aromatic N) is 1. The summed E-state index contributed by atoms with van der Waals surface area (Å²) in [5.74, 6) is 0.164. The van der Waals surface area contributed by atoms with E-state index in [9.17, 15) is 14.4 Å². The van der Waals surface area contributed by atoms with Crippen molar-refractivity contribution in [1.29, 1.82) is 0 Å². The van der Waals surface area contributed by atoms with E-state index in [0.717, 1.165) is 17.6 Å². The van der Waals surface area contributed by atoms with Crippen molar-refractivity contribution in [2.75, 3.05) is 11.7 Å². The Morgan fingerprint density at radius 3 is 2.40 bits per heavy atom. The lowest BCUT2D eigenvalue weighted by Crippen LogP contribution is -2.54. The van der Waals surface area contributed by atoms with Crippen LogP contribution in [0.4, 0.5) is 10.5 Å². The van der Waals surface area contributed by atoms with Gasteiger partial charge in [0.25, 0.3) is 11.8 Å². The van der Waals surface area contributed by atoms with E-state index < -0.39 is 17.8 Å². The Morgan fingerprint density at radius 1 is 0.943 bits per heavy atom. The Balaban J connectivity index is 1.42. The number of nitrogens with one attached hydrogen (secondary N) is 1. The van der Waals surface area contributed by atoms with Crippen molar-refractivity contribution in [2.45, 2.75) is 6.61 Å². The molecule has 0 aliphatic carbocycles. The predicted molar refractivity (Wildman–Crippen MR) is 144 cm³/mol. The number of hydrogen-bond donors (Lipinski definition) is 1. The third-order valence-corrected chi connectivity index (χ3v) is 6.88. The number of carbonyl (C=O) groups excluding carboxylic acids is 3. The van der Waals surface area contributed by atoms with Crippen molar-refractivity contribution in [2.24, 2.45) is 0 Å². The molecule has 0 spiro atoms. The predicted octanol–water partition coefficient (Wildman–Crippen LogP) is 4.87. The number of imide groups is 2. The lowest BCUT2D eigenvalue weighted by atomic mass is 10.1. The number of anilines is 1. The zero-order valence-electron chi connectivity index (χ0n) is 17.9. The molecular formula is C25H16I2N2O6. The molecule has 1 N–H and O–H groups in total. The van der Waals surface area contributed by atoms with E-state index >= 15 is 0 Å². The molecule has 5 rings (SSSR count). The summed E-state index contributed by atoms with van der Waals surface area (Å²) in [5, 5.41) is 2.23. The van der Waals surface area contributed by atoms with Crippen molar-refractivity contribution in [3.05, 3.63) is 84.5 Å². The van der Waals surface area contributed by atoms with E-state index in [1.165, 1.54) is 12.1 Å². The number of benzene rings is 3. The summed E-state index contributed by atoms with van der Waals surface area (Å²) in [7, 11) is 0. The number of rotatable bonds is 5. The number of fused-ring (bicyclic) bond motifs is 1. The number of barbiturate groups is 1. The fourth-order valence-electron chi connectivity index (χ4n) is 3.61. The van der Waals surface area contributed by atoms with Crippen LogP contribution in [0.5, 0.6) is 17.2 Å². The highest BCUT2D eigenvalue weighted by Crippen LogP contribution is 2.36. The summed E-state index contributed by atoms with van der Waals surface area (Å²) in [5.41, 5.74) is 1.78. The van der Waals surface area contributed by atoms with Crippen LogP contribution in [0.25, 0.3) is 6.08 Å². The molecule has 2 aliphatic rings. The van der Waals surface area contributed by atoms with Gasteiger partial charge >= 0.3 is 6.03 Å². The van der Waals surface area contributed by atoms with E-state index in [2.05, 4.69) is 50.5 Å². The average Bonchev–Trinajstić information content (AvgIpc) is 3.30. The van der Waals surface area contributed by atoms with Crippen LogP contribution in [0.2, 0.25) is 0 Å². The SMILES string of the molecule is O=C1NC(=O)N(c2ccc3c(c2)OCO3)C(=O)/C1=C/c1cc(I)c(OCc2ccccc2)c(I)c1. The highest BCUT2D eigenvalue weighted by atomic mass is 127. The molecule has 4 amide bonds. The van der Waals surface area contributed by atoms with E-state index in [0.29, 0.717) is 29.4 Å². The van der Waals surface area contributed by atoms with Crippen molar-refractivity contribution in [1.82, 2.24) is 5.32 Å². The Bertz CT molecular complexity index is 1370. The maximum atomic E-state index is 13.2. The summed E-state index contributed by atoms with van der Waals surface area (Å²) in [4.78, 5) is 39.2. The topological polar surface area (TPSA) is 94.2 Å². The van der Waals surface area contributed by atoms with Crippen LogP contribution in [0.1, 0.15) is 11.1 Å². The quantitative estimate of drug-likeness (QED) is 0.233. The van der Waals surface area contributed by atoms with Gasteiger partial charge in [-0.25, -0.2) is 9.69 Å². The van der Waals surface area contributed by atoms with Gasteiger partial charge in [-0.3, -0.25) is 14.9 Å². The fraction of sp³-hybridized carbons (Fsp3) is 0.0800. The van der Waals surface area contributed by atoms with Crippen molar-refractivity contribution in [3.63, 3.8) is 0 Å². The molecule has 176 valence electrons. The van der Waals surface area contributed by atoms with Gasteiger partial charge < -0.3 is 14.2 Å². The molecule has 0 atom stereocenters. The van der Waals surface area contributed by atoms with Crippen molar-refractivity contribution < 1.29 is 28.6 Å². The van der Waals surface area contributed by atoms with E-state index in [1.807, 2.05) is 42.5 Å². The number of hydrogen-bond acceptors (Lipinski definition) is 6. The summed E-state index contributed by atoms with van der Waals surface area (Å²) in [6.45, 7) is 0.478. The minimum absolute atomic E-state index is 0.0604. The molecule has 1 saturated heterocycles. The average molecular weight is 694 g/mol. The molecular weight excluding hydrogens is 678 g/mol. The molecule has 0 radical (unpaired) electrons. The van der Waals surface area contributed by atoms with Crippen LogP contribution in [0.15, 0.2) is 66.2 Å². The third kappa shape index (κ3) is 4.85. The Hall–Kier alpha value is -3.13. The van der Waals surface area contributed by atoms with Crippen LogP contribution in [-0.4, -0.2) is 24.6 Å². The first-order valence-corrected chi connectivity index (χ1v) is 12.5. The molecule has 0 aromatic heterocycles. The molecule has 3 aromatic carbocycles. The minimum atomic E-state index is -0.829. The Kier molecular flexibility index (Phi) is 6.65. The smallest absolute Gasteiger partial charge is 0.335 e. The van der Waals surface area contributed by atoms with Gasteiger partial charge in [-0.2, -0.15) is 0 Å². The maximum absolute atomic E-state index is 13.2. The lowest BCUT2D eigenvalue weighted by molar-refractivity contribution is -0.122. The van der Waals surface area contributed by atoms with Gasteiger partial charge in [0, 0.05) is 6.07 Å². The van der Waals surface area contributed by atoms with Gasteiger partial charge in [-0.1, -0.05) is 30.3 Å². The van der Waals surface area contributed by atoms with E-state index in [-0.39, 0.29) is 18.1 Å². The second kappa shape index (κ2) is 9.85. The van der Waals surface area contributed by atoms with Gasteiger partial charge in [0.1, 0.15) is 17.9 Å². The molecule has 3 aromatic rings. The number of halogens is 2. The van der Waals surface area contributed by atoms with Crippen LogP contribution in [0.3, 0.4) is 0 Å². The van der Waals surface area contributed by atoms with Crippen LogP contribution in [-0.2, 0) is 16.2 Å². The highest BCUT2D eigenvalue weighted by Gasteiger charge is 2.37. The molecule has 10 heteroatoms. The van der Waals surface area contributed by atoms with Crippen molar-refractivity contribution in [3.8, 4) is 17.2 Å². The zero-order valence-corrected chi connectivity index (χ0v) is 22.2. The number of urea groups is 1. The lowest BCUT2D eigenvalue weighted by Gasteiger charge is -2.26. The van der Waals surface area contributed by atoms with E-state index in [4.69, 9.17) is 14.2 Å². The fourth-order valence-corrected chi connectivity index (χ4v) is 5.74. The summed E-state index contributed by atoms with van der Waals surface area (Å²) < 4.78 is 18.3. The number of amides is 4. The Morgan fingerprint density at radius 2 is 1.66 bits per heavy atom. The summed E-state index contributed by atoms with van der Waals surface area (Å²) >= 11 is 4.32. The minimum Gasteiger partial charge on any atom is -0.487 e.